The summed E-state index contributed by atoms with van der Waals surface area (Å²) in [6, 6.07) is 6.48. The monoisotopic (exact) mass is 307 g/mol. The number of likely N-dealkylation sites (N-methyl/N-ethyl adjacent to an activating group) is 1. The van der Waals surface area contributed by atoms with Gasteiger partial charge in [0.25, 0.3) is 0 Å². The molecule has 0 saturated carbocycles. The lowest BCUT2D eigenvalue weighted by molar-refractivity contribution is 0.171. The number of hydrogen-bond acceptors (Lipinski definition) is 3. The van der Waals surface area contributed by atoms with Gasteiger partial charge in [-0.1, -0.05) is 22.0 Å². The van der Waals surface area contributed by atoms with Gasteiger partial charge < -0.3 is 5.11 Å². The Labute approximate surface area is 104 Å². The number of aliphatic hydroxyl groups excluding tert-OH is 1. The van der Waals surface area contributed by atoms with Crippen LogP contribution in [0, 0.1) is 0 Å². The molecule has 1 aromatic rings. The van der Waals surface area contributed by atoms with Crippen molar-refractivity contribution in [2.75, 3.05) is 13.6 Å². The maximum absolute atomic E-state index is 12.0. The Bertz CT molecular complexity index is 459. The predicted octanol–water partition coefficient (Wildman–Crippen LogP) is 1.45. The van der Waals surface area contributed by atoms with Crippen LogP contribution in [0.1, 0.15) is 6.92 Å². The molecule has 0 radical (unpaired) electrons. The van der Waals surface area contributed by atoms with E-state index in [1.807, 2.05) is 0 Å². The summed E-state index contributed by atoms with van der Waals surface area (Å²) in [5.41, 5.74) is 0. The second-order valence-electron chi connectivity index (χ2n) is 3.59. The summed E-state index contributed by atoms with van der Waals surface area (Å²) < 4.78 is 25.9. The van der Waals surface area contributed by atoms with Crippen LogP contribution in [0.2, 0.25) is 0 Å². The van der Waals surface area contributed by atoms with Crippen molar-refractivity contribution in [1.29, 1.82) is 0 Å². The molecule has 0 aliphatic carbocycles. The Kier molecular flexibility index (Phi) is 4.49. The summed E-state index contributed by atoms with van der Waals surface area (Å²) in [7, 11) is -2.07. The van der Waals surface area contributed by atoms with Crippen LogP contribution in [0.15, 0.2) is 33.6 Å². The maximum Gasteiger partial charge on any atom is 0.242 e. The van der Waals surface area contributed by atoms with Gasteiger partial charge in [0.05, 0.1) is 11.0 Å². The van der Waals surface area contributed by atoms with Crippen LogP contribution in [-0.2, 0) is 10.0 Å². The van der Waals surface area contributed by atoms with Crippen molar-refractivity contribution >= 4 is 26.0 Å². The van der Waals surface area contributed by atoms with E-state index in [0.29, 0.717) is 4.47 Å². The number of hydrogen-bond donors (Lipinski definition) is 1. The van der Waals surface area contributed by atoms with E-state index in [0.717, 1.165) is 4.31 Å². The first-order chi connectivity index (χ1) is 7.34. The van der Waals surface area contributed by atoms with Gasteiger partial charge >= 0.3 is 0 Å². The average molecular weight is 308 g/mol. The van der Waals surface area contributed by atoms with Gasteiger partial charge in [0, 0.05) is 18.1 Å². The highest BCUT2D eigenvalue weighted by Crippen LogP contribution is 2.19. The quantitative estimate of drug-likeness (QED) is 0.916. The van der Waals surface area contributed by atoms with E-state index in [4.69, 9.17) is 0 Å². The van der Waals surface area contributed by atoms with E-state index in [1.54, 1.807) is 19.1 Å². The van der Waals surface area contributed by atoms with Gasteiger partial charge in [-0.15, -0.1) is 0 Å². The zero-order chi connectivity index (χ0) is 12.3. The van der Waals surface area contributed by atoms with Crippen LogP contribution >= 0.6 is 15.9 Å². The molecule has 1 atom stereocenters. The summed E-state index contributed by atoms with van der Waals surface area (Å²) in [4.78, 5) is 0.213. The van der Waals surface area contributed by atoms with Crippen molar-refractivity contribution in [3.05, 3.63) is 28.7 Å². The lowest BCUT2D eigenvalue weighted by atomic mass is 10.4. The number of aliphatic hydroxyl groups is 1. The molecule has 16 heavy (non-hydrogen) atoms. The standard InChI is InChI=1S/C10H14BrNO3S/c1-8(13)7-12(2)16(14,15)10-5-3-4-9(11)6-10/h3-6,8,13H,7H2,1-2H3. The molecule has 6 heteroatoms. The smallest absolute Gasteiger partial charge is 0.242 e. The first-order valence-corrected chi connectivity index (χ1v) is 6.97. The third kappa shape index (κ3) is 3.28. The zero-order valence-corrected chi connectivity index (χ0v) is 11.5. The van der Waals surface area contributed by atoms with Crippen LogP contribution < -0.4 is 0 Å². The number of sulfonamides is 1. The van der Waals surface area contributed by atoms with Crippen molar-refractivity contribution in [2.24, 2.45) is 0 Å². The van der Waals surface area contributed by atoms with E-state index in [-0.39, 0.29) is 11.4 Å². The molecular formula is C10H14BrNO3S. The maximum atomic E-state index is 12.0. The molecule has 0 heterocycles. The Morgan fingerprint density at radius 2 is 2.12 bits per heavy atom. The number of halogens is 1. The second-order valence-corrected chi connectivity index (χ2v) is 6.55. The lowest BCUT2D eigenvalue weighted by Gasteiger charge is -2.18. The minimum atomic E-state index is -3.51. The van der Waals surface area contributed by atoms with Gasteiger partial charge in [-0.05, 0) is 25.1 Å². The highest BCUT2D eigenvalue weighted by atomic mass is 79.9. The molecule has 1 N–H and O–H groups in total. The first-order valence-electron chi connectivity index (χ1n) is 4.74. The molecule has 0 fully saturated rings. The van der Waals surface area contributed by atoms with Crippen LogP contribution in [0.5, 0.6) is 0 Å². The highest BCUT2D eigenvalue weighted by Gasteiger charge is 2.21. The van der Waals surface area contributed by atoms with E-state index in [1.165, 1.54) is 19.2 Å². The van der Waals surface area contributed by atoms with Gasteiger partial charge in [-0.2, -0.15) is 4.31 Å². The molecule has 0 bridgehead atoms. The second kappa shape index (κ2) is 5.27. The Hall–Kier alpha value is -0.430. The third-order valence-electron chi connectivity index (χ3n) is 2.03. The van der Waals surface area contributed by atoms with Crippen molar-refractivity contribution in [2.45, 2.75) is 17.9 Å². The van der Waals surface area contributed by atoms with Gasteiger partial charge in [-0.3, -0.25) is 0 Å². The summed E-state index contributed by atoms with van der Waals surface area (Å²) in [6.07, 6.45) is -0.688. The number of benzene rings is 1. The number of nitrogens with zero attached hydrogens (tertiary/aromatic N) is 1. The van der Waals surface area contributed by atoms with E-state index in [2.05, 4.69) is 15.9 Å². The minimum absolute atomic E-state index is 0.0782. The van der Waals surface area contributed by atoms with Crippen molar-refractivity contribution in [3.63, 3.8) is 0 Å². The third-order valence-corrected chi connectivity index (χ3v) is 4.34. The van der Waals surface area contributed by atoms with Crippen LogP contribution in [0.3, 0.4) is 0 Å². The molecule has 0 aliphatic heterocycles. The molecule has 0 aliphatic rings. The topological polar surface area (TPSA) is 57.6 Å². The molecule has 0 saturated heterocycles. The van der Waals surface area contributed by atoms with Gasteiger partial charge in [-0.25, -0.2) is 8.42 Å². The normalized spacial score (nSPS) is 14.1. The summed E-state index contributed by atoms with van der Waals surface area (Å²) in [5, 5.41) is 9.17. The lowest BCUT2D eigenvalue weighted by Crippen LogP contribution is -2.33. The molecule has 0 amide bonds. The molecule has 90 valence electrons. The van der Waals surface area contributed by atoms with E-state index >= 15 is 0 Å². The van der Waals surface area contributed by atoms with Crippen molar-refractivity contribution < 1.29 is 13.5 Å². The van der Waals surface area contributed by atoms with Crippen molar-refractivity contribution in [1.82, 2.24) is 4.31 Å². The Morgan fingerprint density at radius 1 is 1.50 bits per heavy atom. The molecule has 0 spiro atoms. The van der Waals surface area contributed by atoms with Gasteiger partial charge in [0.2, 0.25) is 10.0 Å². The largest absolute Gasteiger partial charge is 0.392 e. The summed E-state index contributed by atoms with van der Waals surface area (Å²) >= 11 is 3.22. The zero-order valence-electron chi connectivity index (χ0n) is 9.09. The molecule has 1 rings (SSSR count). The first kappa shape index (κ1) is 13.6. The molecule has 0 aromatic heterocycles. The van der Waals surface area contributed by atoms with Crippen LogP contribution in [0.25, 0.3) is 0 Å². The number of rotatable bonds is 4. The Morgan fingerprint density at radius 3 is 2.62 bits per heavy atom. The average Bonchev–Trinajstić information content (AvgIpc) is 2.16. The predicted molar refractivity (Wildman–Crippen MR) is 65.6 cm³/mol. The van der Waals surface area contributed by atoms with Crippen molar-refractivity contribution in [3.8, 4) is 0 Å². The van der Waals surface area contributed by atoms with Gasteiger partial charge in [0.1, 0.15) is 0 Å². The molecule has 4 nitrogen and oxygen atoms in total. The highest BCUT2D eigenvalue weighted by molar-refractivity contribution is 9.10. The van der Waals surface area contributed by atoms with Crippen LogP contribution in [-0.4, -0.2) is 37.5 Å². The van der Waals surface area contributed by atoms with Gasteiger partial charge in [0.15, 0.2) is 0 Å². The fourth-order valence-electron chi connectivity index (χ4n) is 1.28. The fraction of sp³-hybridized carbons (Fsp3) is 0.400. The minimum Gasteiger partial charge on any atom is -0.392 e. The molecule has 1 unspecified atom stereocenters. The Balaban J connectivity index is 3.02. The summed E-state index contributed by atoms with van der Waals surface area (Å²) in [5.74, 6) is 0. The summed E-state index contributed by atoms with van der Waals surface area (Å²) in [6.45, 7) is 1.63. The SMILES string of the molecule is CC(O)CN(C)S(=O)(=O)c1cccc(Br)c1. The molecule has 1 aromatic carbocycles. The fourth-order valence-corrected chi connectivity index (χ4v) is 3.13. The van der Waals surface area contributed by atoms with E-state index < -0.39 is 16.1 Å². The van der Waals surface area contributed by atoms with Crippen LogP contribution in [0.4, 0.5) is 0 Å². The van der Waals surface area contributed by atoms with E-state index in [9.17, 15) is 13.5 Å². The molecular weight excluding hydrogens is 294 g/mol.